The van der Waals surface area contributed by atoms with Crippen LogP contribution in [0.4, 0.5) is 0 Å². The Morgan fingerprint density at radius 1 is 1.44 bits per heavy atom. The molecule has 0 saturated heterocycles. The van der Waals surface area contributed by atoms with Gasteiger partial charge in [0.25, 0.3) is 0 Å². The second-order valence-electron chi connectivity index (χ2n) is 3.49. The van der Waals surface area contributed by atoms with Gasteiger partial charge in [-0.25, -0.2) is 0 Å². The van der Waals surface area contributed by atoms with E-state index in [0.717, 1.165) is 11.3 Å². The van der Waals surface area contributed by atoms with E-state index < -0.39 is 24.9 Å². The molecule has 0 saturated carbocycles. The summed E-state index contributed by atoms with van der Waals surface area (Å²) in [4.78, 5) is 11.5. The van der Waals surface area contributed by atoms with E-state index in [-0.39, 0.29) is 5.78 Å². The van der Waals surface area contributed by atoms with Gasteiger partial charge < -0.3 is 20.4 Å². The Kier molecular flexibility index (Phi) is 4.57. The summed E-state index contributed by atoms with van der Waals surface area (Å²) in [5.74, 6) is -0.124. The quantitative estimate of drug-likeness (QED) is 0.535. The van der Waals surface area contributed by atoms with Crippen molar-refractivity contribution >= 4 is 17.1 Å². The Morgan fingerprint density at radius 3 is 2.50 bits per heavy atom. The number of aliphatic hydroxyl groups excluding tert-OH is 4. The molecule has 16 heavy (non-hydrogen) atoms. The maximum Gasteiger partial charge on any atom is 0.169 e. The number of thiophene rings is 1. The van der Waals surface area contributed by atoms with Crippen molar-refractivity contribution in [3.63, 3.8) is 0 Å². The van der Waals surface area contributed by atoms with Crippen LogP contribution < -0.4 is 0 Å². The minimum absolute atomic E-state index is 0.124. The molecule has 4 N–H and O–H groups in total. The maximum atomic E-state index is 11.0. The van der Waals surface area contributed by atoms with Crippen molar-refractivity contribution in [2.75, 3.05) is 6.61 Å². The molecule has 0 radical (unpaired) electrons. The molecule has 0 aromatic carbocycles. The molecule has 1 heterocycles. The molecular weight excluding hydrogens is 232 g/mol. The summed E-state index contributed by atoms with van der Waals surface area (Å²) >= 11 is 1.16. The van der Waals surface area contributed by atoms with Crippen molar-refractivity contribution in [1.82, 2.24) is 0 Å². The van der Waals surface area contributed by atoms with Crippen molar-refractivity contribution < 1.29 is 25.2 Å². The molecule has 0 fully saturated rings. The summed E-state index contributed by atoms with van der Waals surface area (Å²) in [5, 5.41) is 38.4. The van der Waals surface area contributed by atoms with Crippen LogP contribution in [0, 0.1) is 0 Å². The van der Waals surface area contributed by atoms with E-state index in [2.05, 4.69) is 0 Å². The lowest BCUT2D eigenvalue weighted by molar-refractivity contribution is -0.0775. The Hall–Kier alpha value is -0.790. The van der Waals surface area contributed by atoms with E-state index in [0.29, 0.717) is 10.4 Å². The second-order valence-corrected chi connectivity index (χ2v) is 4.40. The van der Waals surface area contributed by atoms with Crippen LogP contribution in [0.5, 0.6) is 0 Å². The summed E-state index contributed by atoms with van der Waals surface area (Å²) in [6.45, 7) is 0.767. The van der Waals surface area contributed by atoms with Gasteiger partial charge in [-0.3, -0.25) is 4.79 Å². The highest BCUT2D eigenvalue weighted by Crippen LogP contribution is 2.24. The minimum Gasteiger partial charge on any atom is -0.394 e. The molecule has 0 aliphatic heterocycles. The normalized spacial score (nSPS) is 16.8. The SMILES string of the molecule is CC(=O)c1cc(C(O)C(O)C(O)CO)cs1. The highest BCUT2D eigenvalue weighted by molar-refractivity contribution is 7.12. The Balaban J connectivity index is 2.79. The Morgan fingerprint density at radius 2 is 2.06 bits per heavy atom. The van der Waals surface area contributed by atoms with Gasteiger partial charge in [-0.1, -0.05) is 0 Å². The van der Waals surface area contributed by atoms with E-state index in [1.54, 1.807) is 0 Å². The minimum atomic E-state index is -1.47. The van der Waals surface area contributed by atoms with Crippen molar-refractivity contribution in [1.29, 1.82) is 0 Å². The van der Waals surface area contributed by atoms with E-state index in [4.69, 9.17) is 10.2 Å². The molecule has 5 nitrogen and oxygen atoms in total. The molecule has 3 atom stereocenters. The lowest BCUT2D eigenvalue weighted by atomic mass is 10.0. The first-order valence-electron chi connectivity index (χ1n) is 4.71. The van der Waals surface area contributed by atoms with Gasteiger partial charge >= 0.3 is 0 Å². The van der Waals surface area contributed by atoms with Crippen molar-refractivity contribution in [2.45, 2.75) is 25.2 Å². The fraction of sp³-hybridized carbons (Fsp3) is 0.500. The first-order valence-corrected chi connectivity index (χ1v) is 5.59. The van der Waals surface area contributed by atoms with Crippen LogP contribution in [0.15, 0.2) is 11.4 Å². The average molecular weight is 246 g/mol. The molecule has 0 bridgehead atoms. The van der Waals surface area contributed by atoms with Crippen LogP contribution in [0.2, 0.25) is 0 Å². The molecular formula is C10H14O5S. The number of ketones is 1. The molecule has 1 rings (SSSR count). The summed E-state index contributed by atoms with van der Waals surface area (Å²) in [6.07, 6.45) is -4.19. The predicted octanol–water partition coefficient (Wildman–Crippen LogP) is -0.302. The zero-order valence-corrected chi connectivity index (χ0v) is 9.52. The largest absolute Gasteiger partial charge is 0.394 e. The van der Waals surface area contributed by atoms with Gasteiger partial charge in [-0.2, -0.15) is 0 Å². The zero-order chi connectivity index (χ0) is 12.3. The number of carbonyl (C=O) groups is 1. The average Bonchev–Trinajstić information content (AvgIpc) is 2.75. The first kappa shape index (κ1) is 13.3. The van der Waals surface area contributed by atoms with Crippen molar-refractivity contribution in [3.05, 3.63) is 21.9 Å². The number of Topliss-reactive ketones (excluding diaryl/α,β-unsaturated/α-hetero) is 1. The van der Waals surface area contributed by atoms with Gasteiger partial charge in [-0.05, 0) is 23.9 Å². The lowest BCUT2D eigenvalue weighted by Crippen LogP contribution is -2.34. The third kappa shape index (κ3) is 2.87. The van der Waals surface area contributed by atoms with Crippen molar-refractivity contribution in [3.8, 4) is 0 Å². The third-order valence-corrected chi connectivity index (χ3v) is 3.26. The molecule has 1 aromatic heterocycles. The van der Waals surface area contributed by atoms with E-state index in [9.17, 15) is 15.0 Å². The van der Waals surface area contributed by atoms with Crippen LogP contribution in [-0.2, 0) is 0 Å². The highest BCUT2D eigenvalue weighted by Gasteiger charge is 2.26. The molecule has 3 unspecified atom stereocenters. The highest BCUT2D eigenvalue weighted by atomic mass is 32.1. The maximum absolute atomic E-state index is 11.0. The predicted molar refractivity (Wildman–Crippen MR) is 58.4 cm³/mol. The van der Waals surface area contributed by atoms with Crippen LogP contribution >= 0.6 is 11.3 Å². The molecule has 0 aliphatic rings. The monoisotopic (exact) mass is 246 g/mol. The third-order valence-electron chi connectivity index (χ3n) is 2.21. The van der Waals surface area contributed by atoms with E-state index >= 15 is 0 Å². The summed E-state index contributed by atoms with van der Waals surface area (Å²) in [6, 6.07) is 1.46. The standard InChI is InChI=1S/C10H14O5S/c1-5(12)8-2-6(4-16-8)9(14)10(15)7(13)3-11/h2,4,7,9-11,13-15H,3H2,1H3. The van der Waals surface area contributed by atoms with E-state index in [1.807, 2.05) is 0 Å². The summed E-state index contributed by atoms with van der Waals surface area (Å²) < 4.78 is 0. The molecule has 1 aromatic rings. The molecule has 0 amide bonds. The molecule has 6 heteroatoms. The summed E-state index contributed by atoms with van der Waals surface area (Å²) in [5.41, 5.74) is 0.357. The van der Waals surface area contributed by atoms with E-state index in [1.165, 1.54) is 18.4 Å². The smallest absolute Gasteiger partial charge is 0.169 e. The molecule has 0 spiro atoms. The summed E-state index contributed by atoms with van der Waals surface area (Å²) in [7, 11) is 0. The van der Waals surface area contributed by atoms with Crippen molar-refractivity contribution in [2.24, 2.45) is 0 Å². The first-order chi connectivity index (χ1) is 7.47. The van der Waals surface area contributed by atoms with Gasteiger partial charge in [0.15, 0.2) is 5.78 Å². The fourth-order valence-electron chi connectivity index (χ4n) is 1.21. The van der Waals surface area contributed by atoms with Crippen LogP contribution in [0.1, 0.15) is 28.3 Å². The molecule has 0 aliphatic carbocycles. The van der Waals surface area contributed by atoms with Gasteiger partial charge in [0.05, 0.1) is 11.5 Å². The number of hydrogen-bond acceptors (Lipinski definition) is 6. The Labute approximate surface area is 96.6 Å². The Bertz CT molecular complexity index is 362. The topological polar surface area (TPSA) is 98.0 Å². The number of carbonyl (C=O) groups excluding carboxylic acids is 1. The number of aliphatic hydroxyl groups is 4. The van der Waals surface area contributed by atoms with Gasteiger partial charge in [0.1, 0.15) is 18.3 Å². The van der Waals surface area contributed by atoms with Gasteiger partial charge in [-0.15, -0.1) is 11.3 Å². The van der Waals surface area contributed by atoms with Crippen LogP contribution in [0.3, 0.4) is 0 Å². The number of hydrogen-bond donors (Lipinski definition) is 4. The van der Waals surface area contributed by atoms with Gasteiger partial charge in [0.2, 0.25) is 0 Å². The lowest BCUT2D eigenvalue weighted by Gasteiger charge is -2.20. The van der Waals surface area contributed by atoms with Crippen LogP contribution in [0.25, 0.3) is 0 Å². The fourth-order valence-corrected chi connectivity index (χ4v) is 2.05. The number of rotatable bonds is 5. The zero-order valence-electron chi connectivity index (χ0n) is 8.70. The van der Waals surface area contributed by atoms with Gasteiger partial charge in [0, 0.05) is 0 Å². The second kappa shape index (κ2) is 5.51. The van der Waals surface area contributed by atoms with Crippen LogP contribution in [-0.4, -0.2) is 45.0 Å². The molecule has 90 valence electrons.